The van der Waals surface area contributed by atoms with Crippen molar-refractivity contribution in [2.45, 2.75) is 26.7 Å². The van der Waals surface area contributed by atoms with Crippen molar-refractivity contribution in [2.75, 3.05) is 32.8 Å². The summed E-state index contributed by atoms with van der Waals surface area (Å²) in [6.45, 7) is 7.54. The van der Waals surface area contributed by atoms with Crippen LogP contribution in [0.25, 0.3) is 0 Å². The molecule has 0 spiro atoms. The second kappa shape index (κ2) is 10.5. The van der Waals surface area contributed by atoms with Crippen molar-refractivity contribution < 1.29 is 9.53 Å². The van der Waals surface area contributed by atoms with E-state index in [0.29, 0.717) is 13.1 Å². The van der Waals surface area contributed by atoms with Gasteiger partial charge in [-0.2, -0.15) is 0 Å². The van der Waals surface area contributed by atoms with Gasteiger partial charge in [0.05, 0.1) is 6.54 Å². The molecule has 0 rings (SSSR count). The molecule has 0 saturated carbocycles. The van der Waals surface area contributed by atoms with Gasteiger partial charge in [0, 0.05) is 19.8 Å². The first-order valence-corrected chi connectivity index (χ1v) is 5.36. The molecule has 4 nitrogen and oxygen atoms in total. The zero-order valence-electron chi connectivity index (χ0n) is 9.27. The summed E-state index contributed by atoms with van der Waals surface area (Å²) in [4.78, 5) is 11.1. The molecule has 2 N–H and O–H groups in total. The summed E-state index contributed by atoms with van der Waals surface area (Å²) in [5.41, 5.74) is 0. The first-order chi connectivity index (χ1) is 6.81. The fraction of sp³-hybridized carbons (Fsp3) is 0.900. The van der Waals surface area contributed by atoms with Gasteiger partial charge in [0.1, 0.15) is 0 Å². The van der Waals surface area contributed by atoms with Crippen LogP contribution in [0, 0.1) is 0 Å². The number of nitrogens with one attached hydrogen (secondary N) is 2. The van der Waals surface area contributed by atoms with E-state index in [9.17, 15) is 4.79 Å². The molecular weight excluding hydrogens is 180 g/mol. The second-order valence-electron chi connectivity index (χ2n) is 3.10. The Morgan fingerprint density at radius 1 is 1.29 bits per heavy atom. The van der Waals surface area contributed by atoms with E-state index in [-0.39, 0.29) is 5.91 Å². The molecule has 1 amide bonds. The molecule has 0 fully saturated rings. The van der Waals surface area contributed by atoms with Crippen molar-refractivity contribution in [1.29, 1.82) is 0 Å². The van der Waals surface area contributed by atoms with Crippen LogP contribution in [0.3, 0.4) is 0 Å². The SMILES string of the molecule is CCCOCCCNC(=O)CNCC. The van der Waals surface area contributed by atoms with E-state index in [2.05, 4.69) is 17.6 Å². The summed E-state index contributed by atoms with van der Waals surface area (Å²) in [5.74, 6) is 0.0577. The van der Waals surface area contributed by atoms with Gasteiger partial charge >= 0.3 is 0 Å². The molecule has 14 heavy (non-hydrogen) atoms. The standard InChI is InChI=1S/C10H22N2O2/c1-3-7-14-8-5-6-12-10(13)9-11-4-2/h11H,3-9H2,1-2H3,(H,12,13). The lowest BCUT2D eigenvalue weighted by Crippen LogP contribution is -2.34. The normalized spacial score (nSPS) is 10.1. The predicted molar refractivity (Wildman–Crippen MR) is 57.3 cm³/mol. The monoisotopic (exact) mass is 202 g/mol. The Labute approximate surface area is 86.4 Å². The number of amides is 1. The van der Waals surface area contributed by atoms with E-state index >= 15 is 0 Å². The maximum Gasteiger partial charge on any atom is 0.233 e. The number of carbonyl (C=O) groups excluding carboxylic acids is 1. The summed E-state index contributed by atoms with van der Waals surface area (Å²) in [6.07, 6.45) is 1.94. The van der Waals surface area contributed by atoms with Gasteiger partial charge in [0.2, 0.25) is 5.91 Å². The van der Waals surface area contributed by atoms with Gasteiger partial charge in [-0.25, -0.2) is 0 Å². The Kier molecular flexibility index (Phi) is 10.0. The van der Waals surface area contributed by atoms with Crippen LogP contribution in [-0.2, 0) is 9.53 Å². The molecule has 0 atom stereocenters. The molecule has 0 radical (unpaired) electrons. The topological polar surface area (TPSA) is 50.4 Å². The van der Waals surface area contributed by atoms with Crippen LogP contribution in [0.2, 0.25) is 0 Å². The van der Waals surface area contributed by atoms with E-state index in [1.807, 2.05) is 6.92 Å². The van der Waals surface area contributed by atoms with E-state index in [4.69, 9.17) is 4.74 Å². The van der Waals surface area contributed by atoms with Crippen LogP contribution >= 0.6 is 0 Å². The maximum atomic E-state index is 11.1. The molecule has 0 aromatic carbocycles. The predicted octanol–water partition coefficient (Wildman–Crippen LogP) is 0.529. The molecule has 0 bridgehead atoms. The summed E-state index contributed by atoms with van der Waals surface area (Å²) in [5, 5.41) is 5.78. The molecule has 0 aromatic rings. The maximum absolute atomic E-state index is 11.1. The average Bonchev–Trinajstić information content (AvgIpc) is 2.20. The second-order valence-corrected chi connectivity index (χ2v) is 3.10. The summed E-state index contributed by atoms with van der Waals surface area (Å²) < 4.78 is 5.28. The van der Waals surface area contributed by atoms with E-state index in [1.54, 1.807) is 0 Å². The highest BCUT2D eigenvalue weighted by Crippen LogP contribution is 1.83. The van der Waals surface area contributed by atoms with Gasteiger partial charge in [-0.3, -0.25) is 4.79 Å². The van der Waals surface area contributed by atoms with Crippen molar-refractivity contribution in [1.82, 2.24) is 10.6 Å². The zero-order chi connectivity index (χ0) is 10.6. The Hall–Kier alpha value is -0.610. The summed E-state index contributed by atoms with van der Waals surface area (Å²) >= 11 is 0. The van der Waals surface area contributed by atoms with Crippen LogP contribution in [0.4, 0.5) is 0 Å². The molecule has 4 heteroatoms. The van der Waals surface area contributed by atoms with Crippen LogP contribution in [0.1, 0.15) is 26.7 Å². The van der Waals surface area contributed by atoms with Crippen molar-refractivity contribution in [3.63, 3.8) is 0 Å². The third kappa shape index (κ3) is 9.48. The summed E-state index contributed by atoms with van der Waals surface area (Å²) in [6, 6.07) is 0. The molecule has 0 unspecified atom stereocenters. The number of likely N-dealkylation sites (N-methyl/N-ethyl adjacent to an activating group) is 1. The van der Waals surface area contributed by atoms with Gasteiger partial charge in [0.15, 0.2) is 0 Å². The lowest BCUT2D eigenvalue weighted by Gasteiger charge is -2.05. The minimum Gasteiger partial charge on any atom is -0.381 e. The molecule has 0 aliphatic heterocycles. The van der Waals surface area contributed by atoms with Crippen LogP contribution < -0.4 is 10.6 Å². The third-order valence-corrected chi connectivity index (χ3v) is 1.67. The molecule has 0 aliphatic carbocycles. The Morgan fingerprint density at radius 3 is 2.71 bits per heavy atom. The molecule has 84 valence electrons. The Morgan fingerprint density at radius 2 is 2.07 bits per heavy atom. The number of rotatable bonds is 9. The Bertz CT molecular complexity index is 140. The van der Waals surface area contributed by atoms with E-state index in [0.717, 1.165) is 32.6 Å². The summed E-state index contributed by atoms with van der Waals surface area (Å²) in [7, 11) is 0. The molecular formula is C10H22N2O2. The number of carbonyl (C=O) groups is 1. The van der Waals surface area contributed by atoms with Crippen LogP contribution in [-0.4, -0.2) is 38.8 Å². The quantitative estimate of drug-likeness (QED) is 0.536. The fourth-order valence-corrected chi connectivity index (χ4v) is 0.949. The first kappa shape index (κ1) is 13.4. The Balaban J connectivity index is 3.07. The van der Waals surface area contributed by atoms with Gasteiger partial charge in [-0.1, -0.05) is 13.8 Å². The molecule has 0 aromatic heterocycles. The molecule has 0 aliphatic rings. The van der Waals surface area contributed by atoms with Gasteiger partial charge < -0.3 is 15.4 Å². The minimum absolute atomic E-state index is 0.0577. The van der Waals surface area contributed by atoms with Crippen LogP contribution in [0.5, 0.6) is 0 Å². The number of ether oxygens (including phenoxy) is 1. The zero-order valence-corrected chi connectivity index (χ0v) is 9.27. The minimum atomic E-state index is 0.0577. The van der Waals surface area contributed by atoms with Crippen molar-refractivity contribution in [3.8, 4) is 0 Å². The average molecular weight is 202 g/mol. The highest BCUT2D eigenvalue weighted by Gasteiger charge is 1.97. The van der Waals surface area contributed by atoms with E-state index in [1.165, 1.54) is 0 Å². The smallest absolute Gasteiger partial charge is 0.233 e. The van der Waals surface area contributed by atoms with Crippen molar-refractivity contribution >= 4 is 5.91 Å². The van der Waals surface area contributed by atoms with Crippen molar-refractivity contribution in [2.24, 2.45) is 0 Å². The van der Waals surface area contributed by atoms with Gasteiger partial charge in [-0.05, 0) is 19.4 Å². The lowest BCUT2D eigenvalue weighted by atomic mass is 10.4. The first-order valence-electron chi connectivity index (χ1n) is 5.36. The molecule has 0 saturated heterocycles. The lowest BCUT2D eigenvalue weighted by molar-refractivity contribution is -0.120. The van der Waals surface area contributed by atoms with Crippen molar-refractivity contribution in [3.05, 3.63) is 0 Å². The number of hydrogen-bond donors (Lipinski definition) is 2. The van der Waals surface area contributed by atoms with Gasteiger partial charge in [-0.15, -0.1) is 0 Å². The molecule has 0 heterocycles. The fourth-order valence-electron chi connectivity index (χ4n) is 0.949. The highest BCUT2D eigenvalue weighted by atomic mass is 16.5. The third-order valence-electron chi connectivity index (χ3n) is 1.67. The van der Waals surface area contributed by atoms with E-state index < -0.39 is 0 Å². The van der Waals surface area contributed by atoms with Crippen LogP contribution in [0.15, 0.2) is 0 Å². The largest absolute Gasteiger partial charge is 0.381 e. The highest BCUT2D eigenvalue weighted by molar-refractivity contribution is 5.77. The van der Waals surface area contributed by atoms with Gasteiger partial charge in [0.25, 0.3) is 0 Å². The number of hydrogen-bond acceptors (Lipinski definition) is 3.